The van der Waals surface area contributed by atoms with E-state index in [9.17, 15) is 13.2 Å². The Morgan fingerprint density at radius 2 is 1.88 bits per heavy atom. The van der Waals surface area contributed by atoms with E-state index in [0.717, 1.165) is 12.8 Å². The predicted molar refractivity (Wildman–Crippen MR) is 106 cm³/mol. The Bertz CT molecular complexity index is 561. The van der Waals surface area contributed by atoms with E-state index in [2.05, 4.69) is 34.7 Å². The van der Waals surface area contributed by atoms with Gasteiger partial charge in [0, 0.05) is 19.6 Å². The minimum Gasteiger partial charge on any atom is -0.354 e. The zero-order valence-electron chi connectivity index (χ0n) is 14.7. The van der Waals surface area contributed by atoms with E-state index in [1.807, 2.05) is 12.1 Å². The average Bonchev–Trinajstić information content (AvgIpc) is 2.58. The van der Waals surface area contributed by atoms with Crippen molar-refractivity contribution in [1.29, 1.82) is 0 Å². The van der Waals surface area contributed by atoms with Crippen molar-refractivity contribution in [2.45, 2.75) is 57.8 Å². The van der Waals surface area contributed by atoms with E-state index in [4.69, 9.17) is 0 Å². The number of hydrogen-bond donors (Lipinski definition) is 2. The van der Waals surface area contributed by atoms with E-state index in [-0.39, 0.29) is 42.9 Å². The second-order valence-electron chi connectivity index (χ2n) is 6.29. The first kappa shape index (κ1) is 22.1. The van der Waals surface area contributed by atoms with Gasteiger partial charge in [-0.2, -0.15) is 13.2 Å². The number of guanidine groups is 1. The summed E-state index contributed by atoms with van der Waals surface area (Å²) in [7, 11) is 1.64. The van der Waals surface area contributed by atoms with Crippen LogP contribution in [0.5, 0.6) is 0 Å². The molecule has 2 rings (SSSR count). The Balaban J connectivity index is 0.00000312. The third-order valence-electron chi connectivity index (χ3n) is 4.65. The van der Waals surface area contributed by atoms with Crippen LogP contribution in [-0.4, -0.2) is 25.2 Å². The van der Waals surface area contributed by atoms with Crippen molar-refractivity contribution in [2.24, 2.45) is 10.9 Å². The van der Waals surface area contributed by atoms with Gasteiger partial charge in [-0.3, -0.25) is 4.99 Å². The molecule has 1 saturated carbocycles. The van der Waals surface area contributed by atoms with Crippen molar-refractivity contribution in [1.82, 2.24) is 10.6 Å². The smallest absolute Gasteiger partial charge is 0.354 e. The zero-order chi connectivity index (χ0) is 17.6. The molecule has 0 aliphatic heterocycles. The molecule has 1 aliphatic rings. The van der Waals surface area contributed by atoms with Crippen molar-refractivity contribution in [3.63, 3.8) is 0 Å². The molecule has 0 amide bonds. The largest absolute Gasteiger partial charge is 0.391 e. The summed E-state index contributed by atoms with van der Waals surface area (Å²) in [6.07, 6.45) is -1.46. The maximum Gasteiger partial charge on any atom is 0.391 e. The van der Waals surface area contributed by atoms with Gasteiger partial charge in [-0.15, -0.1) is 24.0 Å². The summed E-state index contributed by atoms with van der Waals surface area (Å²) >= 11 is 0. The first-order valence-electron chi connectivity index (χ1n) is 8.54. The Labute approximate surface area is 164 Å². The quantitative estimate of drug-likeness (QED) is 0.383. The molecule has 7 heteroatoms. The van der Waals surface area contributed by atoms with Gasteiger partial charge in [0.1, 0.15) is 0 Å². The molecular formula is C18H27F3IN3. The summed E-state index contributed by atoms with van der Waals surface area (Å²) < 4.78 is 38.7. The first-order chi connectivity index (χ1) is 11.4. The minimum absolute atomic E-state index is 0. The van der Waals surface area contributed by atoms with Crippen molar-refractivity contribution in [3.8, 4) is 0 Å². The van der Waals surface area contributed by atoms with Crippen LogP contribution < -0.4 is 10.6 Å². The van der Waals surface area contributed by atoms with Crippen LogP contribution in [-0.2, 0) is 13.0 Å². The Hall–Kier alpha value is -0.990. The van der Waals surface area contributed by atoms with Crippen LogP contribution in [0.25, 0.3) is 0 Å². The fraction of sp³-hybridized carbons (Fsp3) is 0.611. The Kier molecular flexibility index (Phi) is 9.02. The monoisotopic (exact) mass is 469 g/mol. The highest BCUT2D eigenvalue weighted by Crippen LogP contribution is 2.37. The molecular weight excluding hydrogens is 442 g/mol. The van der Waals surface area contributed by atoms with E-state index in [1.54, 1.807) is 7.05 Å². The van der Waals surface area contributed by atoms with Crippen LogP contribution in [0.4, 0.5) is 13.2 Å². The third-order valence-corrected chi connectivity index (χ3v) is 4.65. The number of nitrogens with zero attached hydrogens (tertiary/aromatic N) is 1. The highest BCUT2D eigenvalue weighted by molar-refractivity contribution is 14.0. The molecule has 142 valence electrons. The molecule has 1 aromatic rings. The normalized spacial score (nSPS) is 21.4. The van der Waals surface area contributed by atoms with Gasteiger partial charge in [0.2, 0.25) is 0 Å². The van der Waals surface area contributed by atoms with Crippen LogP contribution in [0.3, 0.4) is 0 Å². The standard InChI is InChI=1S/C18H26F3N3.HI/c1-3-13-7-4-5-8-14(13)12-23-17(22-2)24-16-10-6-9-15(11-16)18(19,20)21;/h4-5,7-8,15-16H,3,6,9-12H2,1-2H3,(H2,22,23,24);1H. The molecule has 2 N–H and O–H groups in total. The fourth-order valence-electron chi connectivity index (χ4n) is 3.26. The van der Waals surface area contributed by atoms with E-state index in [0.29, 0.717) is 18.9 Å². The van der Waals surface area contributed by atoms with Crippen molar-refractivity contribution in [2.75, 3.05) is 7.05 Å². The second-order valence-corrected chi connectivity index (χ2v) is 6.29. The predicted octanol–water partition coefficient (Wildman–Crippen LogP) is 4.65. The van der Waals surface area contributed by atoms with Gasteiger partial charge < -0.3 is 10.6 Å². The summed E-state index contributed by atoms with van der Waals surface area (Å²) in [5.41, 5.74) is 2.44. The van der Waals surface area contributed by atoms with Crippen LogP contribution in [0.2, 0.25) is 0 Å². The van der Waals surface area contributed by atoms with E-state index in [1.165, 1.54) is 11.1 Å². The van der Waals surface area contributed by atoms with E-state index < -0.39 is 12.1 Å². The number of nitrogens with one attached hydrogen (secondary N) is 2. The summed E-state index contributed by atoms with van der Waals surface area (Å²) in [4.78, 5) is 4.15. The SMILES string of the molecule is CCc1ccccc1CNC(=NC)NC1CCCC(C(F)(F)F)C1.I. The molecule has 2 atom stereocenters. The number of aryl methyl sites for hydroxylation is 1. The van der Waals surface area contributed by atoms with E-state index >= 15 is 0 Å². The topological polar surface area (TPSA) is 36.4 Å². The molecule has 0 aromatic heterocycles. The molecule has 0 spiro atoms. The number of hydrogen-bond acceptors (Lipinski definition) is 1. The Morgan fingerprint density at radius 1 is 1.20 bits per heavy atom. The lowest BCUT2D eigenvalue weighted by atomic mass is 9.85. The second kappa shape index (κ2) is 10.2. The average molecular weight is 469 g/mol. The van der Waals surface area contributed by atoms with Gasteiger partial charge >= 0.3 is 6.18 Å². The lowest BCUT2D eigenvalue weighted by molar-refractivity contribution is -0.183. The van der Waals surface area contributed by atoms with Crippen molar-refractivity contribution >= 4 is 29.9 Å². The van der Waals surface area contributed by atoms with Crippen LogP contribution in [0.1, 0.15) is 43.7 Å². The molecule has 25 heavy (non-hydrogen) atoms. The molecule has 0 radical (unpaired) electrons. The maximum atomic E-state index is 12.9. The summed E-state index contributed by atoms with van der Waals surface area (Å²) in [6, 6.07) is 7.95. The number of halogens is 4. The number of aliphatic imine (C=N–C) groups is 1. The van der Waals surface area contributed by atoms with Crippen LogP contribution in [0, 0.1) is 5.92 Å². The van der Waals surface area contributed by atoms with Gasteiger partial charge in [0.05, 0.1) is 5.92 Å². The lowest BCUT2D eigenvalue weighted by Crippen LogP contribution is -2.46. The van der Waals surface area contributed by atoms with Crippen molar-refractivity contribution in [3.05, 3.63) is 35.4 Å². The summed E-state index contributed by atoms with van der Waals surface area (Å²) in [5, 5.41) is 6.37. The van der Waals surface area contributed by atoms with Crippen LogP contribution >= 0.6 is 24.0 Å². The van der Waals surface area contributed by atoms with Gasteiger partial charge in [-0.25, -0.2) is 0 Å². The molecule has 0 bridgehead atoms. The van der Waals surface area contributed by atoms with Gasteiger partial charge in [0.15, 0.2) is 5.96 Å². The molecule has 1 aromatic carbocycles. The number of rotatable bonds is 4. The Morgan fingerprint density at radius 3 is 2.48 bits per heavy atom. The molecule has 0 heterocycles. The van der Waals surface area contributed by atoms with Gasteiger partial charge in [-0.1, -0.05) is 37.6 Å². The fourth-order valence-corrected chi connectivity index (χ4v) is 3.26. The molecule has 1 fully saturated rings. The molecule has 0 saturated heterocycles. The van der Waals surface area contributed by atoms with Crippen LogP contribution in [0.15, 0.2) is 29.3 Å². The third kappa shape index (κ3) is 6.67. The lowest BCUT2D eigenvalue weighted by Gasteiger charge is -2.32. The maximum absolute atomic E-state index is 12.9. The highest BCUT2D eigenvalue weighted by atomic mass is 127. The molecule has 3 nitrogen and oxygen atoms in total. The zero-order valence-corrected chi connectivity index (χ0v) is 17.0. The number of alkyl halides is 3. The molecule has 1 aliphatic carbocycles. The highest BCUT2D eigenvalue weighted by Gasteiger charge is 2.42. The van der Waals surface area contributed by atoms with Gasteiger partial charge in [-0.05, 0) is 36.8 Å². The number of benzene rings is 1. The van der Waals surface area contributed by atoms with Crippen molar-refractivity contribution < 1.29 is 13.2 Å². The minimum atomic E-state index is -4.10. The molecule has 2 unspecified atom stereocenters. The van der Waals surface area contributed by atoms with Gasteiger partial charge in [0.25, 0.3) is 0 Å². The summed E-state index contributed by atoms with van der Waals surface area (Å²) in [6.45, 7) is 2.71. The summed E-state index contributed by atoms with van der Waals surface area (Å²) in [5.74, 6) is -0.642. The first-order valence-corrected chi connectivity index (χ1v) is 8.54.